The van der Waals surface area contributed by atoms with Gasteiger partial charge in [-0.1, -0.05) is 13.0 Å². The van der Waals surface area contributed by atoms with Gasteiger partial charge in [0.25, 0.3) is 0 Å². The number of nitrogens with zero attached hydrogens (tertiary/aromatic N) is 1. The first-order valence-corrected chi connectivity index (χ1v) is 6.42. The molecule has 0 aliphatic rings. The first-order chi connectivity index (χ1) is 9.36. The minimum Gasteiger partial charge on any atom is -0.374 e. The predicted molar refractivity (Wildman–Crippen MR) is 80.3 cm³/mol. The summed E-state index contributed by atoms with van der Waals surface area (Å²) in [5, 5.41) is 3.33. The molecule has 0 saturated heterocycles. The number of hydrogen-bond donors (Lipinski definition) is 1. The Morgan fingerprint density at radius 3 is 2.25 bits per heavy atom. The third-order valence-electron chi connectivity index (χ3n) is 2.77. The van der Waals surface area contributed by atoms with E-state index in [-0.39, 0.29) is 17.1 Å². The molecule has 2 aromatic carbocycles. The third-order valence-corrected chi connectivity index (χ3v) is 2.77. The first-order valence-electron chi connectivity index (χ1n) is 6.42. The molecule has 1 N–H and O–H groups in total. The summed E-state index contributed by atoms with van der Waals surface area (Å²) < 4.78 is 0. The van der Waals surface area contributed by atoms with E-state index in [9.17, 15) is 0 Å². The van der Waals surface area contributed by atoms with Crippen molar-refractivity contribution >= 4 is 5.82 Å². The third kappa shape index (κ3) is 5.43. The molecule has 0 amide bonds. The van der Waals surface area contributed by atoms with E-state index in [0.29, 0.717) is 6.04 Å². The zero-order valence-electron chi connectivity index (χ0n) is 11.4. The Bertz CT molecular complexity index is 512. The Morgan fingerprint density at radius 2 is 1.75 bits per heavy atom. The Kier molecular flexibility index (Phi) is 7.41. The van der Waals surface area contributed by atoms with Gasteiger partial charge >= 0.3 is 17.1 Å². The maximum Gasteiger partial charge on any atom is 2.00 e. The fraction of sp³-hybridized carbons (Fsp3) is 0.118. The average molecular weight is 306 g/mol. The van der Waals surface area contributed by atoms with Gasteiger partial charge in [0.05, 0.1) is 0 Å². The minimum atomic E-state index is 0. The smallest absolute Gasteiger partial charge is 0.374 e. The Hall–Kier alpha value is -1.83. The van der Waals surface area contributed by atoms with Crippen LogP contribution in [0.2, 0.25) is 0 Å². The molecule has 1 unspecified atom stereocenters. The van der Waals surface area contributed by atoms with Gasteiger partial charge in [0.2, 0.25) is 0 Å². The zero-order valence-corrected chi connectivity index (χ0v) is 12.5. The minimum absolute atomic E-state index is 0. The molecule has 0 bridgehead atoms. The van der Waals surface area contributed by atoms with Crippen LogP contribution in [0.25, 0.3) is 0 Å². The second kappa shape index (κ2) is 9.13. The second-order valence-electron chi connectivity index (χ2n) is 4.26. The summed E-state index contributed by atoms with van der Waals surface area (Å²) in [6, 6.07) is 24.5. The summed E-state index contributed by atoms with van der Waals surface area (Å²) in [4.78, 5) is 4.22. The van der Waals surface area contributed by atoms with Gasteiger partial charge in [0.1, 0.15) is 5.82 Å². The summed E-state index contributed by atoms with van der Waals surface area (Å²) in [6.45, 7) is 2.13. The van der Waals surface area contributed by atoms with Gasteiger partial charge in [0, 0.05) is 12.2 Å². The summed E-state index contributed by atoms with van der Waals surface area (Å²) in [5.74, 6) is 0.918. The van der Waals surface area contributed by atoms with Gasteiger partial charge in [-0.05, 0) is 12.1 Å². The molecule has 0 radical (unpaired) electrons. The van der Waals surface area contributed by atoms with Gasteiger partial charge in [-0.3, -0.25) is 0 Å². The molecule has 3 aromatic rings. The average Bonchev–Trinajstić information content (AvgIpc) is 3.16. The van der Waals surface area contributed by atoms with Gasteiger partial charge in [0.15, 0.2) is 0 Å². The van der Waals surface area contributed by atoms with Crippen molar-refractivity contribution in [2.24, 2.45) is 0 Å². The summed E-state index contributed by atoms with van der Waals surface area (Å²) >= 11 is 0. The van der Waals surface area contributed by atoms with Gasteiger partial charge in [-0.15, -0.1) is 5.56 Å². The summed E-state index contributed by atoms with van der Waals surface area (Å²) in [6.07, 6.45) is 1.79. The Morgan fingerprint density at radius 1 is 1.05 bits per heavy atom. The van der Waals surface area contributed by atoms with E-state index in [2.05, 4.69) is 29.4 Å². The van der Waals surface area contributed by atoms with E-state index in [1.54, 1.807) is 6.20 Å². The van der Waals surface area contributed by atoms with Crippen molar-refractivity contribution in [3.05, 3.63) is 84.6 Å². The number of rotatable bonds is 3. The maximum atomic E-state index is 4.22. The molecule has 1 heterocycles. The topological polar surface area (TPSA) is 24.9 Å². The van der Waals surface area contributed by atoms with E-state index < -0.39 is 0 Å². The van der Waals surface area contributed by atoms with Crippen molar-refractivity contribution < 1.29 is 17.1 Å². The fourth-order valence-corrected chi connectivity index (χ4v) is 1.75. The van der Waals surface area contributed by atoms with Crippen LogP contribution in [0.4, 0.5) is 5.82 Å². The van der Waals surface area contributed by atoms with Crippen molar-refractivity contribution in [1.82, 2.24) is 4.98 Å². The largest absolute Gasteiger partial charge is 2.00 e. The van der Waals surface area contributed by atoms with Crippen molar-refractivity contribution in [2.75, 3.05) is 5.32 Å². The monoisotopic (exact) mass is 306 g/mol. The van der Waals surface area contributed by atoms with Crippen molar-refractivity contribution in [3.63, 3.8) is 0 Å². The number of anilines is 1. The standard InChI is InChI=1S/C12H13N2.C5H5.Fe/c1-10(11-6-2-3-7-11)14-12-8-4-5-9-13-12;1-2-4-5-3-1;/h2-10H,1H3,(H,13,14);1-5H;/q2*-1;+2. The van der Waals surface area contributed by atoms with Crippen LogP contribution < -0.4 is 5.32 Å². The quantitative estimate of drug-likeness (QED) is 0.574. The second-order valence-corrected chi connectivity index (χ2v) is 4.26. The van der Waals surface area contributed by atoms with Crippen LogP contribution in [-0.4, -0.2) is 4.98 Å². The van der Waals surface area contributed by atoms with Gasteiger partial charge in [-0.2, -0.15) is 30.3 Å². The molecule has 0 saturated carbocycles. The van der Waals surface area contributed by atoms with Crippen LogP contribution in [0.15, 0.2) is 79.0 Å². The van der Waals surface area contributed by atoms with E-state index in [1.807, 2.05) is 60.7 Å². The molecule has 104 valence electrons. The Balaban J connectivity index is 0.000000283. The molecule has 1 aromatic heterocycles. The zero-order chi connectivity index (χ0) is 13.3. The molecule has 20 heavy (non-hydrogen) atoms. The van der Waals surface area contributed by atoms with Crippen LogP contribution >= 0.6 is 0 Å². The number of aromatic nitrogens is 1. The van der Waals surface area contributed by atoms with Gasteiger partial charge < -0.3 is 5.32 Å². The summed E-state index contributed by atoms with van der Waals surface area (Å²) in [5.41, 5.74) is 1.29. The van der Waals surface area contributed by atoms with Crippen LogP contribution in [0.1, 0.15) is 18.5 Å². The molecule has 2 nitrogen and oxygen atoms in total. The molecule has 3 heteroatoms. The van der Waals surface area contributed by atoms with Crippen molar-refractivity contribution in [3.8, 4) is 0 Å². The van der Waals surface area contributed by atoms with Crippen LogP contribution in [0.5, 0.6) is 0 Å². The molecule has 0 spiro atoms. The molecule has 0 fully saturated rings. The van der Waals surface area contributed by atoms with E-state index in [0.717, 1.165) is 5.82 Å². The SMILES string of the molecule is CC(Nc1ccccn1)[c-]1cccc1.[Fe+2].c1cc[cH-]c1. The first kappa shape index (κ1) is 16.2. The Labute approximate surface area is 131 Å². The van der Waals surface area contributed by atoms with Crippen molar-refractivity contribution in [1.29, 1.82) is 0 Å². The molecule has 0 aliphatic carbocycles. The molecular formula is C17H18FeN2. The van der Waals surface area contributed by atoms with E-state index >= 15 is 0 Å². The van der Waals surface area contributed by atoms with Crippen LogP contribution in [0, 0.1) is 0 Å². The number of nitrogens with one attached hydrogen (secondary N) is 1. The number of hydrogen-bond acceptors (Lipinski definition) is 2. The number of pyridine rings is 1. The molecule has 1 atom stereocenters. The van der Waals surface area contributed by atoms with E-state index in [4.69, 9.17) is 0 Å². The molecule has 0 aliphatic heterocycles. The molecular weight excluding hydrogens is 288 g/mol. The van der Waals surface area contributed by atoms with Crippen molar-refractivity contribution in [2.45, 2.75) is 13.0 Å². The normalized spacial score (nSPS) is 10.7. The van der Waals surface area contributed by atoms with Crippen LogP contribution in [0.3, 0.4) is 0 Å². The fourth-order valence-electron chi connectivity index (χ4n) is 1.75. The van der Waals surface area contributed by atoms with Gasteiger partial charge in [-0.25, -0.2) is 29.2 Å². The predicted octanol–water partition coefficient (Wildman–Crippen LogP) is 4.38. The maximum absolute atomic E-state index is 4.22. The van der Waals surface area contributed by atoms with E-state index in [1.165, 1.54) is 5.56 Å². The molecule has 3 rings (SSSR count). The van der Waals surface area contributed by atoms with Crippen LogP contribution in [-0.2, 0) is 17.1 Å². The summed E-state index contributed by atoms with van der Waals surface area (Å²) in [7, 11) is 0.